The van der Waals surface area contributed by atoms with Gasteiger partial charge in [-0.25, -0.2) is 0 Å². The number of H-pyrrole nitrogens is 1. The predicted molar refractivity (Wildman–Crippen MR) is 75.6 cm³/mol. The summed E-state index contributed by atoms with van der Waals surface area (Å²) in [6.45, 7) is 3.88. The summed E-state index contributed by atoms with van der Waals surface area (Å²) in [4.78, 5) is 41.0. The number of hydrogen-bond donors (Lipinski definition) is 1. The van der Waals surface area contributed by atoms with Crippen LogP contribution in [0.5, 0.6) is 0 Å². The Kier molecular flexibility index (Phi) is 3.63. The number of amides is 1. The van der Waals surface area contributed by atoms with Crippen LogP contribution in [0.15, 0.2) is 10.9 Å². The van der Waals surface area contributed by atoms with E-state index >= 15 is 0 Å². The second kappa shape index (κ2) is 5.44. The van der Waals surface area contributed by atoms with Crippen molar-refractivity contribution in [3.8, 4) is 0 Å². The van der Waals surface area contributed by atoms with E-state index in [1.54, 1.807) is 4.90 Å². The predicted octanol–water partition coefficient (Wildman–Crippen LogP) is 0.612. The minimum absolute atomic E-state index is 0.00368. The lowest BCUT2D eigenvalue weighted by molar-refractivity contribution is 0.0301. The molecule has 1 aromatic rings. The molecule has 1 unspecified atom stereocenters. The van der Waals surface area contributed by atoms with Gasteiger partial charge in [0.1, 0.15) is 5.56 Å². The molecule has 1 saturated heterocycles. The van der Waals surface area contributed by atoms with Crippen molar-refractivity contribution in [2.24, 2.45) is 5.92 Å². The molecule has 1 aliphatic heterocycles. The van der Waals surface area contributed by atoms with Crippen molar-refractivity contribution in [2.45, 2.75) is 19.8 Å². The number of pyridine rings is 1. The number of fused-ring (bicyclic) bond motifs is 1. The van der Waals surface area contributed by atoms with Crippen LogP contribution in [-0.2, 0) is 11.2 Å². The van der Waals surface area contributed by atoms with Crippen LogP contribution in [0.1, 0.15) is 39.8 Å². The van der Waals surface area contributed by atoms with E-state index in [1.165, 1.54) is 6.07 Å². The number of carbonyl (C=O) groups excluding carboxylic acids is 2. The lowest BCUT2D eigenvalue weighted by Crippen LogP contribution is -2.43. The first-order chi connectivity index (χ1) is 10.1. The zero-order valence-electron chi connectivity index (χ0n) is 12.0. The van der Waals surface area contributed by atoms with Gasteiger partial charge in [-0.1, -0.05) is 6.92 Å². The summed E-state index contributed by atoms with van der Waals surface area (Å²) in [6.07, 6.45) is 1.13. The molecule has 1 amide bonds. The third-order valence-corrected chi connectivity index (χ3v) is 4.04. The van der Waals surface area contributed by atoms with E-state index in [0.717, 1.165) is 0 Å². The third kappa shape index (κ3) is 2.63. The van der Waals surface area contributed by atoms with Crippen molar-refractivity contribution in [3.05, 3.63) is 33.2 Å². The number of nitrogens with one attached hydrogen (secondary N) is 1. The second-order valence-electron chi connectivity index (χ2n) is 5.75. The summed E-state index contributed by atoms with van der Waals surface area (Å²) < 4.78 is 5.20. The molecule has 2 heterocycles. The van der Waals surface area contributed by atoms with Gasteiger partial charge in [0.25, 0.3) is 11.5 Å². The molecule has 0 saturated carbocycles. The zero-order chi connectivity index (χ0) is 15.0. The van der Waals surface area contributed by atoms with Crippen LogP contribution in [-0.4, -0.2) is 47.9 Å². The summed E-state index contributed by atoms with van der Waals surface area (Å²) in [7, 11) is 0. The summed E-state index contributed by atoms with van der Waals surface area (Å²) in [5.74, 6) is -0.105. The molecular weight excluding hydrogens is 272 g/mol. The highest BCUT2D eigenvalue weighted by molar-refractivity contribution is 6.01. The average Bonchev–Trinajstić information content (AvgIpc) is 2.46. The van der Waals surface area contributed by atoms with Gasteiger partial charge in [-0.2, -0.15) is 0 Å². The van der Waals surface area contributed by atoms with E-state index in [2.05, 4.69) is 4.98 Å². The number of Topliss-reactive ketones (excluding diaryl/α,β-unsaturated/α-hetero) is 1. The highest BCUT2D eigenvalue weighted by atomic mass is 16.5. The quantitative estimate of drug-likeness (QED) is 0.822. The fourth-order valence-corrected chi connectivity index (χ4v) is 2.92. The number of hydrogen-bond acceptors (Lipinski definition) is 4. The molecule has 1 aliphatic carbocycles. The summed E-state index contributed by atoms with van der Waals surface area (Å²) >= 11 is 0. The van der Waals surface area contributed by atoms with Gasteiger partial charge in [0, 0.05) is 30.8 Å². The molecule has 1 aromatic heterocycles. The van der Waals surface area contributed by atoms with E-state index in [-0.39, 0.29) is 23.2 Å². The second-order valence-corrected chi connectivity index (χ2v) is 5.75. The number of aromatic amines is 1. The molecule has 0 bridgehead atoms. The zero-order valence-corrected chi connectivity index (χ0v) is 12.0. The van der Waals surface area contributed by atoms with Gasteiger partial charge < -0.3 is 14.6 Å². The first-order valence-corrected chi connectivity index (χ1v) is 7.22. The summed E-state index contributed by atoms with van der Waals surface area (Å²) in [5, 5.41) is 0. The number of ether oxygens (including phenoxy) is 1. The van der Waals surface area contributed by atoms with Crippen LogP contribution in [0.4, 0.5) is 0 Å². The molecule has 6 nitrogen and oxygen atoms in total. The van der Waals surface area contributed by atoms with Gasteiger partial charge >= 0.3 is 0 Å². The van der Waals surface area contributed by atoms with E-state index in [0.29, 0.717) is 50.4 Å². The number of morpholine rings is 1. The van der Waals surface area contributed by atoms with Crippen LogP contribution in [0.2, 0.25) is 0 Å². The molecular formula is C15H18N2O4. The number of carbonyl (C=O) groups is 2. The smallest absolute Gasteiger partial charge is 0.261 e. The maximum atomic E-state index is 12.4. The lowest BCUT2D eigenvalue weighted by Gasteiger charge is -2.27. The largest absolute Gasteiger partial charge is 0.378 e. The fourth-order valence-electron chi connectivity index (χ4n) is 2.92. The van der Waals surface area contributed by atoms with Gasteiger partial charge in [-0.05, 0) is 18.4 Å². The Labute approximate surface area is 122 Å². The van der Waals surface area contributed by atoms with Crippen molar-refractivity contribution < 1.29 is 14.3 Å². The lowest BCUT2D eigenvalue weighted by atomic mass is 9.86. The Balaban J connectivity index is 1.96. The number of aromatic nitrogens is 1. The van der Waals surface area contributed by atoms with E-state index in [4.69, 9.17) is 4.74 Å². The van der Waals surface area contributed by atoms with Crippen LogP contribution in [0, 0.1) is 5.92 Å². The minimum Gasteiger partial charge on any atom is -0.378 e. The Morgan fingerprint density at radius 2 is 2.00 bits per heavy atom. The fraction of sp³-hybridized carbons (Fsp3) is 0.533. The molecule has 1 fully saturated rings. The standard InChI is InChI=1S/C15H18N2O4/c1-9-6-12-10(13(18)7-9)8-11(14(19)16-12)15(20)17-2-4-21-5-3-17/h8-9H,2-7H2,1H3,(H,16,19). The van der Waals surface area contributed by atoms with Crippen LogP contribution < -0.4 is 5.56 Å². The topological polar surface area (TPSA) is 79.5 Å². The Bertz CT molecular complexity index is 644. The van der Waals surface area contributed by atoms with Gasteiger partial charge in [-0.15, -0.1) is 0 Å². The molecule has 6 heteroatoms. The highest BCUT2D eigenvalue weighted by Gasteiger charge is 2.27. The van der Waals surface area contributed by atoms with Crippen molar-refractivity contribution in [1.82, 2.24) is 9.88 Å². The van der Waals surface area contributed by atoms with Crippen molar-refractivity contribution in [1.29, 1.82) is 0 Å². The van der Waals surface area contributed by atoms with Crippen molar-refractivity contribution in [3.63, 3.8) is 0 Å². The first kappa shape index (κ1) is 14.0. The van der Waals surface area contributed by atoms with Gasteiger partial charge in [0.05, 0.1) is 13.2 Å². The average molecular weight is 290 g/mol. The maximum absolute atomic E-state index is 12.4. The van der Waals surface area contributed by atoms with Gasteiger partial charge in [-0.3, -0.25) is 14.4 Å². The molecule has 0 spiro atoms. The molecule has 1 N–H and O–H groups in total. The molecule has 0 radical (unpaired) electrons. The van der Waals surface area contributed by atoms with Gasteiger partial charge in [0.15, 0.2) is 5.78 Å². The molecule has 1 atom stereocenters. The van der Waals surface area contributed by atoms with Crippen LogP contribution in [0.25, 0.3) is 0 Å². The Hall–Kier alpha value is -1.95. The number of ketones is 1. The van der Waals surface area contributed by atoms with Crippen molar-refractivity contribution in [2.75, 3.05) is 26.3 Å². The Morgan fingerprint density at radius 1 is 1.29 bits per heavy atom. The van der Waals surface area contributed by atoms with E-state index in [9.17, 15) is 14.4 Å². The molecule has 3 rings (SSSR count). The monoisotopic (exact) mass is 290 g/mol. The summed E-state index contributed by atoms with van der Waals surface area (Å²) in [6, 6.07) is 1.47. The summed E-state index contributed by atoms with van der Waals surface area (Å²) in [5.41, 5.74) is 0.789. The number of nitrogens with zero attached hydrogens (tertiary/aromatic N) is 1. The van der Waals surface area contributed by atoms with E-state index < -0.39 is 5.56 Å². The van der Waals surface area contributed by atoms with Crippen LogP contribution >= 0.6 is 0 Å². The van der Waals surface area contributed by atoms with E-state index in [1.807, 2.05) is 6.92 Å². The Morgan fingerprint density at radius 3 is 2.71 bits per heavy atom. The molecule has 0 aromatic carbocycles. The van der Waals surface area contributed by atoms with Crippen LogP contribution in [0.3, 0.4) is 0 Å². The first-order valence-electron chi connectivity index (χ1n) is 7.22. The third-order valence-electron chi connectivity index (χ3n) is 4.04. The highest BCUT2D eigenvalue weighted by Crippen LogP contribution is 2.23. The minimum atomic E-state index is -0.410. The normalized spacial score (nSPS) is 22.0. The number of rotatable bonds is 1. The van der Waals surface area contributed by atoms with Gasteiger partial charge in [0.2, 0.25) is 0 Å². The maximum Gasteiger partial charge on any atom is 0.261 e. The van der Waals surface area contributed by atoms with Crippen molar-refractivity contribution >= 4 is 11.7 Å². The molecule has 112 valence electrons. The SMILES string of the molecule is CC1CC(=O)c2cc(C(=O)N3CCOCC3)c(=O)[nH]c2C1. The molecule has 21 heavy (non-hydrogen) atoms. The molecule has 2 aliphatic rings.